The second-order valence-electron chi connectivity index (χ2n) is 8.68. The van der Waals surface area contributed by atoms with Crippen molar-refractivity contribution in [1.82, 2.24) is 15.2 Å². The number of amides is 2. The second kappa shape index (κ2) is 15.1. The van der Waals surface area contributed by atoms with Crippen LogP contribution in [0, 0.1) is 11.6 Å². The Morgan fingerprint density at radius 1 is 1.06 bits per heavy atom. The Morgan fingerprint density at radius 2 is 1.78 bits per heavy atom. The Balaban J connectivity index is 2.19. The van der Waals surface area contributed by atoms with Gasteiger partial charge in [0.15, 0.2) is 0 Å². The second-order valence-corrected chi connectivity index (χ2v) is 8.68. The minimum absolute atomic E-state index is 0.00232. The van der Waals surface area contributed by atoms with E-state index < -0.39 is 23.8 Å². The number of hydrogen-bond acceptors (Lipinski definition) is 5. The number of carbonyl (C=O) groups is 2. The van der Waals surface area contributed by atoms with Gasteiger partial charge in [0.25, 0.3) is 0 Å². The number of benzene rings is 1. The molecule has 2 N–H and O–H groups in total. The van der Waals surface area contributed by atoms with Gasteiger partial charge in [-0.2, -0.15) is 0 Å². The van der Waals surface area contributed by atoms with Gasteiger partial charge >= 0.3 is 0 Å². The Kier molecular flexibility index (Phi) is 12.3. The summed E-state index contributed by atoms with van der Waals surface area (Å²) in [6.45, 7) is 7.04. The number of rotatable bonds is 15. The average Bonchev–Trinajstić information content (AvgIpc) is 2.83. The number of pyridine rings is 1. The summed E-state index contributed by atoms with van der Waals surface area (Å²) in [5.41, 5.74) is 0.534. The monoisotopic (exact) mass is 505 g/mol. The first-order valence-corrected chi connectivity index (χ1v) is 12.6. The number of unbranched alkanes of at least 4 members (excludes halogenated alkanes) is 1. The molecule has 0 bridgehead atoms. The van der Waals surface area contributed by atoms with Gasteiger partial charge < -0.3 is 20.1 Å². The molecule has 0 radical (unpaired) electrons. The highest BCUT2D eigenvalue weighted by atomic mass is 19.1. The Hall–Kier alpha value is -3.07. The fraction of sp³-hybridized carbons (Fsp3) is 0.519. The van der Waals surface area contributed by atoms with Crippen LogP contribution < -0.4 is 10.1 Å². The number of aliphatic hydroxyl groups excluding tert-OH is 1. The molecule has 7 nitrogen and oxygen atoms in total. The van der Waals surface area contributed by atoms with E-state index in [0.717, 1.165) is 37.5 Å². The van der Waals surface area contributed by atoms with Crippen molar-refractivity contribution in [1.29, 1.82) is 0 Å². The lowest BCUT2D eigenvalue weighted by atomic mass is 9.98. The Bertz CT molecular complexity index is 969. The molecule has 0 aliphatic carbocycles. The quantitative estimate of drug-likeness (QED) is 0.376. The smallest absolute Gasteiger partial charge is 0.222 e. The molecular weight excluding hydrogens is 468 g/mol. The van der Waals surface area contributed by atoms with Gasteiger partial charge in [0, 0.05) is 44.3 Å². The molecule has 36 heavy (non-hydrogen) atoms. The molecule has 2 aromatic rings. The SMILES string of the molecule is CCCCN(CCC(=O)N[C@@H](Cc1cc(F)cc(F)c1)[C@H](O)c1cc(OCC)ccn1)C(=O)CCC. The van der Waals surface area contributed by atoms with E-state index in [1.807, 2.05) is 20.8 Å². The normalized spacial score (nSPS) is 12.6. The van der Waals surface area contributed by atoms with Gasteiger partial charge in [0.2, 0.25) is 11.8 Å². The summed E-state index contributed by atoms with van der Waals surface area (Å²) in [5.74, 6) is -1.38. The lowest BCUT2D eigenvalue weighted by molar-refractivity contribution is -0.132. The predicted octanol–water partition coefficient (Wildman–Crippen LogP) is 4.34. The molecule has 1 aromatic carbocycles. The van der Waals surface area contributed by atoms with Gasteiger partial charge in [-0.25, -0.2) is 8.78 Å². The Morgan fingerprint density at radius 3 is 2.42 bits per heavy atom. The van der Waals surface area contributed by atoms with Crippen LogP contribution in [-0.2, 0) is 16.0 Å². The van der Waals surface area contributed by atoms with Crippen molar-refractivity contribution in [2.24, 2.45) is 0 Å². The number of nitrogens with zero attached hydrogens (tertiary/aromatic N) is 2. The zero-order valence-corrected chi connectivity index (χ0v) is 21.3. The summed E-state index contributed by atoms with van der Waals surface area (Å²) >= 11 is 0. The summed E-state index contributed by atoms with van der Waals surface area (Å²) in [7, 11) is 0. The molecule has 0 saturated heterocycles. The molecule has 2 atom stereocenters. The summed E-state index contributed by atoms with van der Waals surface area (Å²) in [6.07, 6.45) is 3.12. The lowest BCUT2D eigenvalue weighted by Gasteiger charge is -2.26. The third-order valence-electron chi connectivity index (χ3n) is 5.68. The maximum Gasteiger partial charge on any atom is 0.222 e. The van der Waals surface area contributed by atoms with Crippen LogP contribution in [0.3, 0.4) is 0 Å². The highest BCUT2D eigenvalue weighted by molar-refractivity contribution is 5.79. The molecule has 2 amide bonds. The van der Waals surface area contributed by atoms with Crippen LogP contribution in [0.25, 0.3) is 0 Å². The van der Waals surface area contributed by atoms with Crippen LogP contribution in [0.5, 0.6) is 5.75 Å². The molecule has 0 spiro atoms. The molecule has 1 heterocycles. The largest absolute Gasteiger partial charge is 0.494 e. The molecule has 0 unspecified atom stereocenters. The van der Waals surface area contributed by atoms with E-state index in [1.54, 1.807) is 17.0 Å². The van der Waals surface area contributed by atoms with Gasteiger partial charge in [-0.15, -0.1) is 0 Å². The lowest BCUT2D eigenvalue weighted by Crippen LogP contribution is -2.43. The minimum atomic E-state index is -1.27. The van der Waals surface area contributed by atoms with Crippen molar-refractivity contribution < 1.29 is 28.2 Å². The van der Waals surface area contributed by atoms with E-state index in [9.17, 15) is 23.5 Å². The average molecular weight is 506 g/mol. The van der Waals surface area contributed by atoms with Crippen LogP contribution in [0.1, 0.15) is 70.2 Å². The van der Waals surface area contributed by atoms with Crippen molar-refractivity contribution in [3.63, 3.8) is 0 Å². The first-order valence-electron chi connectivity index (χ1n) is 12.6. The summed E-state index contributed by atoms with van der Waals surface area (Å²) in [5, 5.41) is 13.9. The number of nitrogens with one attached hydrogen (secondary N) is 1. The predicted molar refractivity (Wildman–Crippen MR) is 133 cm³/mol. The summed E-state index contributed by atoms with van der Waals surface area (Å²) < 4.78 is 33.1. The third-order valence-corrected chi connectivity index (χ3v) is 5.68. The highest BCUT2D eigenvalue weighted by Gasteiger charge is 2.26. The van der Waals surface area contributed by atoms with Gasteiger partial charge in [-0.1, -0.05) is 20.3 Å². The molecule has 0 saturated carbocycles. The standard InChI is InChI=1S/C27H37F2N3O4/c1-4-7-12-32(26(34)8-5-2)13-10-25(33)31-24(16-19-14-20(28)17-21(29)15-19)27(35)23-18-22(36-6-3)9-11-30-23/h9,11,14-15,17-18,24,27,35H,4-8,10,12-13,16H2,1-3H3,(H,31,33)/t24-,27+/m0/s1. The van der Waals surface area contributed by atoms with Crippen molar-refractivity contribution in [2.45, 2.75) is 71.4 Å². The van der Waals surface area contributed by atoms with E-state index in [-0.39, 0.29) is 42.5 Å². The first kappa shape index (κ1) is 29.2. The van der Waals surface area contributed by atoms with E-state index >= 15 is 0 Å². The fourth-order valence-electron chi connectivity index (χ4n) is 3.87. The zero-order valence-electron chi connectivity index (χ0n) is 21.3. The van der Waals surface area contributed by atoms with Crippen LogP contribution in [0.15, 0.2) is 36.5 Å². The molecule has 198 valence electrons. The van der Waals surface area contributed by atoms with Crippen molar-refractivity contribution in [2.75, 3.05) is 19.7 Å². The number of aromatic nitrogens is 1. The van der Waals surface area contributed by atoms with E-state index in [1.165, 1.54) is 6.20 Å². The van der Waals surface area contributed by atoms with Crippen molar-refractivity contribution >= 4 is 11.8 Å². The highest BCUT2D eigenvalue weighted by Crippen LogP contribution is 2.23. The Labute approximate surface area is 211 Å². The van der Waals surface area contributed by atoms with Gasteiger partial charge in [0.1, 0.15) is 23.5 Å². The van der Waals surface area contributed by atoms with Crippen molar-refractivity contribution in [3.05, 3.63) is 59.4 Å². The maximum atomic E-state index is 13.8. The van der Waals surface area contributed by atoms with Crippen molar-refractivity contribution in [3.8, 4) is 5.75 Å². The maximum absolute atomic E-state index is 13.8. The van der Waals surface area contributed by atoms with E-state index in [2.05, 4.69) is 10.3 Å². The minimum Gasteiger partial charge on any atom is -0.494 e. The number of hydrogen-bond donors (Lipinski definition) is 2. The van der Waals surface area contributed by atoms with Gasteiger partial charge in [0.05, 0.1) is 18.3 Å². The molecule has 9 heteroatoms. The number of ether oxygens (including phenoxy) is 1. The molecule has 0 fully saturated rings. The zero-order chi connectivity index (χ0) is 26.5. The van der Waals surface area contributed by atoms with Gasteiger partial charge in [-0.05, 0) is 49.9 Å². The number of carbonyl (C=O) groups excluding carboxylic acids is 2. The number of aliphatic hydroxyl groups is 1. The van der Waals surface area contributed by atoms with Crippen LogP contribution in [-0.4, -0.2) is 52.5 Å². The molecule has 1 aromatic heterocycles. The molecular formula is C27H37F2N3O4. The third kappa shape index (κ3) is 9.53. The molecule has 0 aliphatic rings. The first-order chi connectivity index (χ1) is 17.3. The number of halogens is 2. The molecule has 0 aliphatic heterocycles. The summed E-state index contributed by atoms with van der Waals surface area (Å²) in [4.78, 5) is 31.2. The molecule has 2 rings (SSSR count). The van der Waals surface area contributed by atoms with E-state index in [0.29, 0.717) is 25.3 Å². The topological polar surface area (TPSA) is 91.8 Å². The van der Waals surface area contributed by atoms with E-state index in [4.69, 9.17) is 4.74 Å². The van der Waals surface area contributed by atoms with Crippen LogP contribution >= 0.6 is 0 Å². The van der Waals surface area contributed by atoms with Crippen LogP contribution in [0.4, 0.5) is 8.78 Å². The van der Waals surface area contributed by atoms with Crippen LogP contribution in [0.2, 0.25) is 0 Å². The fourth-order valence-corrected chi connectivity index (χ4v) is 3.87. The van der Waals surface area contributed by atoms with Gasteiger partial charge in [-0.3, -0.25) is 14.6 Å². The summed E-state index contributed by atoms with van der Waals surface area (Å²) in [6, 6.07) is 5.38.